The molecule has 3 rings (SSSR count). The van der Waals surface area contributed by atoms with Crippen LogP contribution in [-0.4, -0.2) is 29.2 Å². The van der Waals surface area contributed by atoms with Gasteiger partial charge in [0.25, 0.3) is 5.91 Å². The van der Waals surface area contributed by atoms with Gasteiger partial charge in [0.05, 0.1) is 6.54 Å². The Balaban J connectivity index is 1.83. The summed E-state index contributed by atoms with van der Waals surface area (Å²) >= 11 is 0. The Labute approximate surface area is 153 Å². The molecular weight excluding hydrogens is 328 g/mol. The van der Waals surface area contributed by atoms with E-state index in [2.05, 4.69) is 5.32 Å². The lowest BCUT2D eigenvalue weighted by atomic mass is 9.88. The predicted molar refractivity (Wildman–Crippen MR) is 98.9 cm³/mol. The number of nitrogens with zero attached hydrogens (tertiary/aromatic N) is 1. The first-order valence-electron chi connectivity index (χ1n) is 8.69. The third-order valence-electron chi connectivity index (χ3n) is 4.94. The van der Waals surface area contributed by atoms with Crippen LogP contribution in [0.5, 0.6) is 0 Å². The van der Waals surface area contributed by atoms with Crippen LogP contribution in [0.25, 0.3) is 0 Å². The minimum absolute atomic E-state index is 0.259. The lowest BCUT2D eigenvalue weighted by molar-refractivity contribution is -0.130. The summed E-state index contributed by atoms with van der Waals surface area (Å²) < 4.78 is 0. The number of ketones is 1. The van der Waals surface area contributed by atoms with E-state index in [1.807, 2.05) is 50.2 Å². The van der Waals surface area contributed by atoms with Gasteiger partial charge in [-0.05, 0) is 37.0 Å². The van der Waals surface area contributed by atoms with Crippen LogP contribution in [0, 0.1) is 6.92 Å². The molecule has 0 bridgehead atoms. The summed E-state index contributed by atoms with van der Waals surface area (Å²) in [6.07, 6.45) is 0.885. The molecule has 0 aliphatic carbocycles. The summed E-state index contributed by atoms with van der Waals surface area (Å²) in [5, 5.41) is 2.75. The summed E-state index contributed by atoms with van der Waals surface area (Å²) in [5.74, 6) is -0.666. The number of benzene rings is 2. The highest BCUT2D eigenvalue weighted by molar-refractivity contribution is 6.11. The molecule has 1 N–H and O–H groups in total. The largest absolute Gasteiger partial charge is 0.325 e. The number of nitrogens with one attached hydrogen (secondary N) is 1. The van der Waals surface area contributed by atoms with Crippen molar-refractivity contribution in [3.05, 3.63) is 70.8 Å². The van der Waals surface area contributed by atoms with Gasteiger partial charge in [-0.25, -0.2) is 4.79 Å². The first kappa shape index (κ1) is 17.9. The van der Waals surface area contributed by atoms with Gasteiger partial charge in [-0.15, -0.1) is 0 Å². The highest BCUT2D eigenvalue weighted by Gasteiger charge is 2.49. The molecule has 1 aliphatic rings. The molecule has 1 aliphatic heterocycles. The first-order valence-corrected chi connectivity index (χ1v) is 8.69. The van der Waals surface area contributed by atoms with Crippen molar-refractivity contribution < 1.29 is 14.4 Å². The number of carbonyl (C=O) groups is 3. The third kappa shape index (κ3) is 3.01. The maximum Gasteiger partial charge on any atom is 0.325 e. The fourth-order valence-corrected chi connectivity index (χ4v) is 3.32. The second kappa shape index (κ2) is 6.75. The highest BCUT2D eigenvalue weighted by Crippen LogP contribution is 2.31. The Morgan fingerprint density at radius 2 is 1.73 bits per heavy atom. The molecule has 1 unspecified atom stereocenters. The van der Waals surface area contributed by atoms with Crippen molar-refractivity contribution in [2.24, 2.45) is 0 Å². The van der Waals surface area contributed by atoms with E-state index in [9.17, 15) is 14.4 Å². The van der Waals surface area contributed by atoms with Crippen LogP contribution in [0.1, 0.15) is 40.9 Å². The zero-order chi connectivity index (χ0) is 18.9. The van der Waals surface area contributed by atoms with E-state index in [1.165, 1.54) is 0 Å². The number of urea groups is 1. The summed E-state index contributed by atoms with van der Waals surface area (Å²) in [7, 11) is 0. The van der Waals surface area contributed by atoms with Crippen LogP contribution in [0.4, 0.5) is 4.79 Å². The molecule has 26 heavy (non-hydrogen) atoms. The smallest absolute Gasteiger partial charge is 0.319 e. The molecule has 5 nitrogen and oxygen atoms in total. The average Bonchev–Trinajstić information content (AvgIpc) is 2.86. The highest BCUT2D eigenvalue weighted by atomic mass is 16.2. The predicted octanol–water partition coefficient (Wildman–Crippen LogP) is 3.21. The zero-order valence-corrected chi connectivity index (χ0v) is 15.2. The topological polar surface area (TPSA) is 66.5 Å². The molecular formula is C21H22N2O3. The average molecular weight is 350 g/mol. The maximum absolute atomic E-state index is 12.9. The van der Waals surface area contributed by atoms with Crippen LogP contribution in [0.3, 0.4) is 0 Å². The SMILES string of the molecule is CCc1ccc(C(=O)CN2C(=O)NC(C)(c3ccccc3C)C2=O)cc1. The Morgan fingerprint density at radius 1 is 1.08 bits per heavy atom. The van der Waals surface area contributed by atoms with Gasteiger partial charge < -0.3 is 5.32 Å². The Hall–Kier alpha value is -2.95. The summed E-state index contributed by atoms with van der Waals surface area (Å²) in [6.45, 7) is 5.34. The second-order valence-corrected chi connectivity index (χ2v) is 6.74. The molecule has 1 fully saturated rings. The van der Waals surface area contributed by atoms with Gasteiger partial charge in [-0.3, -0.25) is 14.5 Å². The maximum atomic E-state index is 12.9. The minimum Gasteiger partial charge on any atom is -0.319 e. The normalized spacial score (nSPS) is 19.6. The standard InChI is InChI=1S/C21H22N2O3/c1-4-15-9-11-16(12-10-15)18(24)13-23-19(25)21(3,22-20(23)26)17-8-6-5-7-14(17)2/h5-12H,4,13H2,1-3H3,(H,22,26). The molecule has 2 aromatic rings. The van der Waals surface area contributed by atoms with Gasteiger partial charge >= 0.3 is 6.03 Å². The summed E-state index contributed by atoms with van der Waals surface area (Å²) in [6, 6.07) is 14.1. The molecule has 5 heteroatoms. The summed E-state index contributed by atoms with van der Waals surface area (Å²) in [5.41, 5.74) is 2.11. The number of Topliss-reactive ketones (excluding diaryl/α,β-unsaturated/α-hetero) is 1. The Kier molecular flexibility index (Phi) is 4.64. The molecule has 2 aromatic carbocycles. The van der Waals surface area contributed by atoms with Gasteiger partial charge in [0.2, 0.25) is 0 Å². The van der Waals surface area contributed by atoms with Crippen LogP contribution < -0.4 is 5.32 Å². The van der Waals surface area contributed by atoms with Crippen molar-refractivity contribution in [3.63, 3.8) is 0 Å². The molecule has 1 saturated heterocycles. The fourth-order valence-electron chi connectivity index (χ4n) is 3.32. The second-order valence-electron chi connectivity index (χ2n) is 6.74. The monoisotopic (exact) mass is 350 g/mol. The number of hydrogen-bond donors (Lipinski definition) is 1. The van der Waals surface area contributed by atoms with Gasteiger partial charge in [-0.1, -0.05) is 55.5 Å². The van der Waals surface area contributed by atoms with Crippen molar-refractivity contribution >= 4 is 17.7 Å². The molecule has 3 amide bonds. The molecule has 1 atom stereocenters. The van der Waals surface area contributed by atoms with Gasteiger partial charge in [0.15, 0.2) is 5.78 Å². The number of carbonyl (C=O) groups excluding carboxylic acids is 3. The van der Waals surface area contributed by atoms with Gasteiger partial charge in [-0.2, -0.15) is 0 Å². The van der Waals surface area contributed by atoms with E-state index in [-0.39, 0.29) is 12.3 Å². The van der Waals surface area contributed by atoms with E-state index in [4.69, 9.17) is 0 Å². The van der Waals surface area contributed by atoms with Crippen LogP contribution in [-0.2, 0) is 16.8 Å². The van der Waals surface area contributed by atoms with E-state index in [1.54, 1.807) is 19.1 Å². The van der Waals surface area contributed by atoms with Crippen molar-refractivity contribution in [1.82, 2.24) is 10.2 Å². The molecule has 0 saturated carbocycles. The van der Waals surface area contributed by atoms with Crippen molar-refractivity contribution in [2.75, 3.05) is 6.54 Å². The summed E-state index contributed by atoms with van der Waals surface area (Å²) in [4.78, 5) is 38.9. The van der Waals surface area contributed by atoms with E-state index in [0.29, 0.717) is 5.56 Å². The first-order chi connectivity index (χ1) is 12.4. The number of hydrogen-bond acceptors (Lipinski definition) is 3. The lowest BCUT2D eigenvalue weighted by Gasteiger charge is -2.24. The minimum atomic E-state index is -1.16. The number of rotatable bonds is 5. The van der Waals surface area contributed by atoms with Crippen molar-refractivity contribution in [1.29, 1.82) is 0 Å². The molecule has 1 heterocycles. The van der Waals surface area contributed by atoms with E-state index < -0.39 is 17.5 Å². The van der Waals surface area contributed by atoms with E-state index >= 15 is 0 Å². The zero-order valence-electron chi connectivity index (χ0n) is 15.2. The van der Waals surface area contributed by atoms with Crippen LogP contribution in [0.15, 0.2) is 48.5 Å². The van der Waals surface area contributed by atoms with Gasteiger partial charge in [0, 0.05) is 5.56 Å². The van der Waals surface area contributed by atoms with Crippen LogP contribution in [0.2, 0.25) is 0 Å². The number of amides is 3. The Morgan fingerprint density at radius 3 is 2.35 bits per heavy atom. The molecule has 0 spiro atoms. The van der Waals surface area contributed by atoms with Crippen molar-refractivity contribution in [2.45, 2.75) is 32.7 Å². The quantitative estimate of drug-likeness (QED) is 0.665. The van der Waals surface area contributed by atoms with Gasteiger partial charge in [0.1, 0.15) is 5.54 Å². The number of imide groups is 1. The third-order valence-corrected chi connectivity index (χ3v) is 4.94. The van der Waals surface area contributed by atoms with Crippen LogP contribution >= 0.6 is 0 Å². The molecule has 0 radical (unpaired) electrons. The van der Waals surface area contributed by atoms with E-state index in [0.717, 1.165) is 28.0 Å². The fraction of sp³-hybridized carbons (Fsp3) is 0.286. The van der Waals surface area contributed by atoms with Crippen molar-refractivity contribution in [3.8, 4) is 0 Å². The lowest BCUT2D eigenvalue weighted by Crippen LogP contribution is -2.42. The number of aryl methyl sites for hydroxylation is 2. The molecule has 134 valence electrons. The molecule has 0 aromatic heterocycles. The Bertz CT molecular complexity index is 873.